The largest absolute Gasteiger partial charge is 0.507 e. The summed E-state index contributed by atoms with van der Waals surface area (Å²) in [5.74, 6) is -0.132. The fourth-order valence-electron chi connectivity index (χ4n) is 2.24. The van der Waals surface area contributed by atoms with Gasteiger partial charge >= 0.3 is 0 Å². The normalized spacial score (nSPS) is 11.1. The molecule has 0 saturated carbocycles. The fourth-order valence-corrected chi connectivity index (χ4v) is 2.24. The molecule has 0 fully saturated rings. The second kappa shape index (κ2) is 5.40. The summed E-state index contributed by atoms with van der Waals surface area (Å²) in [6, 6.07) is 9.65. The SMILES string of the molecule is CC(C)(c1ccc(O)c(C=O)c1)c1ccc(O)c(C=O)c1. The predicted molar refractivity (Wildman–Crippen MR) is 79.1 cm³/mol. The Hall–Kier alpha value is -2.62. The molecular weight excluding hydrogens is 268 g/mol. The van der Waals surface area contributed by atoms with E-state index in [0.29, 0.717) is 12.6 Å². The maximum Gasteiger partial charge on any atom is 0.153 e. The van der Waals surface area contributed by atoms with Crippen molar-refractivity contribution in [1.29, 1.82) is 0 Å². The molecule has 0 amide bonds. The standard InChI is InChI=1S/C17H16O4/c1-17(2,13-3-5-15(20)11(7-13)9-18)14-4-6-16(21)12(8-14)10-19/h3-10,20-21H,1-2H3. The third kappa shape index (κ3) is 2.65. The Balaban J connectivity index is 2.55. The summed E-state index contributed by atoms with van der Waals surface area (Å²) < 4.78 is 0. The molecule has 2 rings (SSSR count). The smallest absolute Gasteiger partial charge is 0.153 e. The second-order valence-corrected chi connectivity index (χ2v) is 5.41. The van der Waals surface area contributed by atoms with Gasteiger partial charge in [-0.25, -0.2) is 0 Å². The number of rotatable bonds is 4. The van der Waals surface area contributed by atoms with Crippen molar-refractivity contribution in [1.82, 2.24) is 0 Å². The van der Waals surface area contributed by atoms with Crippen molar-refractivity contribution in [2.45, 2.75) is 19.3 Å². The van der Waals surface area contributed by atoms with Gasteiger partial charge in [-0.2, -0.15) is 0 Å². The monoisotopic (exact) mass is 284 g/mol. The van der Waals surface area contributed by atoms with Crippen molar-refractivity contribution in [3.8, 4) is 11.5 Å². The van der Waals surface area contributed by atoms with Crippen LogP contribution in [0.2, 0.25) is 0 Å². The highest BCUT2D eigenvalue weighted by molar-refractivity contribution is 5.80. The number of aromatic hydroxyl groups is 2. The summed E-state index contributed by atoms with van der Waals surface area (Å²) in [5, 5.41) is 19.2. The van der Waals surface area contributed by atoms with Crippen molar-refractivity contribution >= 4 is 12.6 Å². The maximum atomic E-state index is 10.9. The van der Waals surface area contributed by atoms with Gasteiger partial charge < -0.3 is 10.2 Å². The van der Waals surface area contributed by atoms with Crippen molar-refractivity contribution in [2.24, 2.45) is 0 Å². The topological polar surface area (TPSA) is 74.6 Å². The minimum atomic E-state index is -0.489. The number of hydrogen-bond donors (Lipinski definition) is 2. The second-order valence-electron chi connectivity index (χ2n) is 5.41. The molecular formula is C17H16O4. The van der Waals surface area contributed by atoms with Gasteiger partial charge in [0.2, 0.25) is 0 Å². The highest BCUT2D eigenvalue weighted by Gasteiger charge is 2.25. The molecule has 4 nitrogen and oxygen atoms in total. The lowest BCUT2D eigenvalue weighted by molar-refractivity contribution is 0.111. The van der Waals surface area contributed by atoms with E-state index in [0.717, 1.165) is 11.1 Å². The number of carbonyl (C=O) groups is 2. The molecule has 0 aliphatic heterocycles. The first kappa shape index (κ1) is 14.8. The van der Waals surface area contributed by atoms with Gasteiger partial charge in [0.1, 0.15) is 11.5 Å². The van der Waals surface area contributed by atoms with Gasteiger partial charge in [0, 0.05) is 5.41 Å². The van der Waals surface area contributed by atoms with E-state index >= 15 is 0 Å². The lowest BCUT2D eigenvalue weighted by Crippen LogP contribution is -2.19. The molecule has 0 heterocycles. The van der Waals surface area contributed by atoms with Crippen molar-refractivity contribution < 1.29 is 19.8 Å². The van der Waals surface area contributed by atoms with E-state index in [1.807, 2.05) is 13.8 Å². The average Bonchev–Trinajstić information content (AvgIpc) is 2.47. The first-order valence-electron chi connectivity index (χ1n) is 6.47. The molecule has 0 aromatic heterocycles. The van der Waals surface area contributed by atoms with Gasteiger partial charge in [-0.3, -0.25) is 9.59 Å². The molecule has 2 aromatic carbocycles. The van der Waals surface area contributed by atoms with E-state index in [9.17, 15) is 19.8 Å². The van der Waals surface area contributed by atoms with Crippen LogP contribution < -0.4 is 0 Å². The Labute approximate surface area is 122 Å². The zero-order chi connectivity index (χ0) is 15.6. The molecule has 0 aliphatic carbocycles. The molecule has 4 heteroatoms. The molecule has 108 valence electrons. The van der Waals surface area contributed by atoms with E-state index in [-0.39, 0.29) is 22.6 Å². The molecule has 2 aromatic rings. The third-order valence-corrected chi connectivity index (χ3v) is 3.75. The Morgan fingerprint density at radius 2 is 1.19 bits per heavy atom. The van der Waals surface area contributed by atoms with Crippen LogP contribution in [-0.2, 0) is 5.41 Å². The molecule has 0 atom stereocenters. The van der Waals surface area contributed by atoms with Gasteiger partial charge in [-0.05, 0) is 35.4 Å². The quantitative estimate of drug-likeness (QED) is 0.846. The van der Waals surface area contributed by atoms with Crippen LogP contribution in [0.3, 0.4) is 0 Å². The van der Waals surface area contributed by atoms with Gasteiger partial charge in [0.15, 0.2) is 12.6 Å². The molecule has 0 radical (unpaired) electrons. The van der Waals surface area contributed by atoms with Gasteiger partial charge in [-0.15, -0.1) is 0 Å². The van der Waals surface area contributed by atoms with E-state index in [4.69, 9.17) is 0 Å². The summed E-state index contributed by atoms with van der Waals surface area (Å²) in [6.07, 6.45) is 1.20. The summed E-state index contributed by atoms with van der Waals surface area (Å²) in [4.78, 5) is 21.9. The van der Waals surface area contributed by atoms with Crippen molar-refractivity contribution in [3.05, 3.63) is 58.7 Å². The summed E-state index contributed by atoms with van der Waals surface area (Å²) in [5.41, 5.74) is 1.59. The predicted octanol–water partition coefficient (Wildman–Crippen LogP) is 3.05. The third-order valence-electron chi connectivity index (χ3n) is 3.75. The maximum absolute atomic E-state index is 10.9. The summed E-state index contributed by atoms with van der Waals surface area (Å²) in [6.45, 7) is 3.88. The zero-order valence-corrected chi connectivity index (χ0v) is 11.8. The molecule has 0 aliphatic rings. The Bertz CT molecular complexity index is 642. The van der Waals surface area contributed by atoms with Crippen LogP contribution >= 0.6 is 0 Å². The molecule has 21 heavy (non-hydrogen) atoms. The van der Waals surface area contributed by atoms with Gasteiger partial charge in [0.05, 0.1) is 11.1 Å². The van der Waals surface area contributed by atoms with E-state index in [1.165, 1.54) is 12.1 Å². The summed E-state index contributed by atoms with van der Waals surface area (Å²) >= 11 is 0. The number of carbonyl (C=O) groups excluding carboxylic acids is 2. The number of hydrogen-bond acceptors (Lipinski definition) is 4. The van der Waals surface area contributed by atoms with Crippen molar-refractivity contribution in [3.63, 3.8) is 0 Å². The lowest BCUT2D eigenvalue weighted by atomic mass is 9.77. The van der Waals surface area contributed by atoms with E-state index < -0.39 is 5.41 Å². The molecule has 0 bridgehead atoms. The van der Waals surface area contributed by atoms with Crippen molar-refractivity contribution in [2.75, 3.05) is 0 Å². The highest BCUT2D eigenvalue weighted by atomic mass is 16.3. The molecule has 0 spiro atoms. The number of phenols is 2. The van der Waals surface area contributed by atoms with E-state index in [2.05, 4.69) is 0 Å². The minimum absolute atomic E-state index is 0.0659. The van der Waals surface area contributed by atoms with Crippen LogP contribution in [0.5, 0.6) is 11.5 Å². The minimum Gasteiger partial charge on any atom is -0.507 e. The molecule has 0 unspecified atom stereocenters. The Morgan fingerprint density at radius 3 is 1.52 bits per heavy atom. The average molecular weight is 284 g/mol. The van der Waals surface area contributed by atoms with Crippen LogP contribution in [-0.4, -0.2) is 22.8 Å². The fraction of sp³-hybridized carbons (Fsp3) is 0.176. The van der Waals surface area contributed by atoms with Crippen LogP contribution in [0.15, 0.2) is 36.4 Å². The molecule has 2 N–H and O–H groups in total. The highest BCUT2D eigenvalue weighted by Crippen LogP contribution is 2.35. The first-order valence-corrected chi connectivity index (χ1v) is 6.47. The number of aldehydes is 2. The van der Waals surface area contributed by atoms with Crippen LogP contribution in [0.1, 0.15) is 45.7 Å². The summed E-state index contributed by atoms with van der Waals surface area (Å²) in [7, 11) is 0. The van der Waals surface area contributed by atoms with Crippen LogP contribution in [0.25, 0.3) is 0 Å². The lowest BCUT2D eigenvalue weighted by Gasteiger charge is -2.27. The van der Waals surface area contributed by atoms with Gasteiger partial charge in [-0.1, -0.05) is 26.0 Å². The zero-order valence-electron chi connectivity index (χ0n) is 11.8. The van der Waals surface area contributed by atoms with E-state index in [1.54, 1.807) is 24.3 Å². The Morgan fingerprint density at radius 1 is 0.810 bits per heavy atom. The van der Waals surface area contributed by atoms with Crippen LogP contribution in [0, 0.1) is 0 Å². The number of benzene rings is 2. The first-order chi connectivity index (χ1) is 9.90. The Kier molecular flexibility index (Phi) is 3.80. The van der Waals surface area contributed by atoms with Gasteiger partial charge in [0.25, 0.3) is 0 Å². The van der Waals surface area contributed by atoms with Crippen LogP contribution in [0.4, 0.5) is 0 Å². The molecule has 0 saturated heterocycles. The number of phenolic OH excluding ortho intramolecular Hbond substituents is 2.